The summed E-state index contributed by atoms with van der Waals surface area (Å²) >= 11 is 0. The van der Waals surface area contributed by atoms with Gasteiger partial charge in [-0.25, -0.2) is 4.98 Å². The molecule has 3 aliphatic heterocycles. The Labute approximate surface area is 220 Å². The molecule has 0 saturated carbocycles. The second-order valence-electron chi connectivity index (χ2n) is 9.57. The number of fused-ring (bicyclic) bond motifs is 4. The van der Waals surface area contributed by atoms with Crippen molar-refractivity contribution in [2.75, 3.05) is 5.32 Å². The minimum atomic E-state index is 0.0450. The maximum Gasteiger partial charge on any atom is 0.213 e. The third-order valence-electron chi connectivity index (χ3n) is 7.42. The van der Waals surface area contributed by atoms with E-state index in [1.165, 1.54) is 16.8 Å². The highest BCUT2D eigenvalue weighted by Gasteiger charge is 2.38. The average Bonchev–Trinajstić information content (AvgIpc) is 3.51. The van der Waals surface area contributed by atoms with Gasteiger partial charge in [-0.2, -0.15) is 0 Å². The molecule has 0 saturated heterocycles. The molecule has 4 aromatic carbocycles. The van der Waals surface area contributed by atoms with Crippen LogP contribution in [0.1, 0.15) is 22.7 Å². The van der Waals surface area contributed by atoms with Gasteiger partial charge in [0.15, 0.2) is 0 Å². The fraction of sp³-hybridized carbons (Fsp3) is 0.0294. The van der Waals surface area contributed by atoms with Crippen molar-refractivity contribution in [3.63, 3.8) is 0 Å². The van der Waals surface area contributed by atoms with E-state index in [4.69, 9.17) is 4.98 Å². The van der Waals surface area contributed by atoms with E-state index in [0.29, 0.717) is 0 Å². The first kappa shape index (κ1) is 20.9. The Morgan fingerprint density at radius 1 is 0.763 bits per heavy atom. The molecule has 38 heavy (non-hydrogen) atoms. The lowest BCUT2D eigenvalue weighted by atomic mass is 9.96. The Balaban J connectivity index is 1.27. The number of aromatic nitrogens is 2. The molecule has 1 unspecified atom stereocenters. The molecule has 1 aromatic heterocycles. The lowest BCUT2D eigenvalue weighted by Crippen LogP contribution is -2.24. The SMILES string of the molecule is C1#CC2c3ccccc3C3=CC=CC(=C1c1ccccc1Nc1nc4ccccc4n1-c1ccccc1)N32. The van der Waals surface area contributed by atoms with Crippen LogP contribution in [0.3, 0.4) is 0 Å². The van der Waals surface area contributed by atoms with E-state index in [0.717, 1.165) is 45.2 Å². The first-order valence-electron chi connectivity index (χ1n) is 12.8. The van der Waals surface area contributed by atoms with E-state index >= 15 is 0 Å². The maximum absolute atomic E-state index is 4.98. The van der Waals surface area contributed by atoms with Crippen molar-refractivity contribution in [3.8, 4) is 17.5 Å². The molecule has 0 aliphatic carbocycles. The molecule has 0 amide bonds. The first-order valence-corrected chi connectivity index (χ1v) is 12.8. The van der Waals surface area contributed by atoms with E-state index in [-0.39, 0.29) is 6.04 Å². The summed E-state index contributed by atoms with van der Waals surface area (Å²) < 4.78 is 2.17. The third-order valence-corrected chi connectivity index (χ3v) is 7.42. The molecule has 0 spiro atoms. The molecule has 4 nitrogen and oxygen atoms in total. The number of benzene rings is 4. The molecule has 1 atom stereocenters. The number of nitrogens with zero attached hydrogens (tertiary/aromatic N) is 3. The van der Waals surface area contributed by atoms with E-state index in [1.54, 1.807) is 0 Å². The standard InChI is InChI=1S/C34H22N4/c1-2-11-23(12-3-1)37-33-18-9-8-17-29(33)36-34(37)35-28-16-7-6-13-24(28)27-21-22-32-26-15-5-4-14-25(26)30-19-10-20-31(27)38(30)32/h1-20,32H,(H,35,36). The van der Waals surface area contributed by atoms with E-state index < -0.39 is 0 Å². The van der Waals surface area contributed by atoms with Gasteiger partial charge in [0.1, 0.15) is 6.04 Å². The lowest BCUT2D eigenvalue weighted by Gasteiger charge is -2.32. The Kier molecular flexibility index (Phi) is 4.46. The zero-order chi connectivity index (χ0) is 25.1. The van der Waals surface area contributed by atoms with Gasteiger partial charge in [-0.05, 0) is 48.0 Å². The molecular weight excluding hydrogens is 464 g/mol. The number of rotatable bonds is 4. The highest BCUT2D eigenvalue weighted by atomic mass is 15.2. The number of hydrogen-bond acceptors (Lipinski definition) is 3. The molecule has 178 valence electrons. The van der Waals surface area contributed by atoms with Crippen molar-refractivity contribution in [2.24, 2.45) is 0 Å². The zero-order valence-electron chi connectivity index (χ0n) is 20.5. The highest BCUT2D eigenvalue weighted by Crippen LogP contribution is 2.49. The van der Waals surface area contributed by atoms with Gasteiger partial charge in [0.25, 0.3) is 0 Å². The number of nitrogens with one attached hydrogen (secondary N) is 1. The molecular formula is C34H22N4. The minimum Gasteiger partial charge on any atom is -0.325 e. The molecule has 0 radical (unpaired) electrons. The molecule has 1 N–H and O–H groups in total. The summed E-state index contributed by atoms with van der Waals surface area (Å²) in [6.07, 6.45) is 6.51. The quantitative estimate of drug-likeness (QED) is 0.268. The Bertz CT molecular complexity index is 1910. The van der Waals surface area contributed by atoms with Crippen LogP contribution >= 0.6 is 0 Å². The van der Waals surface area contributed by atoms with Crippen LogP contribution in [-0.2, 0) is 0 Å². The van der Waals surface area contributed by atoms with E-state index in [2.05, 4.69) is 136 Å². The summed E-state index contributed by atoms with van der Waals surface area (Å²) in [5.41, 5.74) is 11.0. The predicted octanol–water partition coefficient (Wildman–Crippen LogP) is 7.46. The fourth-order valence-electron chi connectivity index (χ4n) is 5.76. The normalized spacial score (nSPS) is 16.6. The van der Waals surface area contributed by atoms with Crippen LogP contribution in [0.15, 0.2) is 127 Å². The van der Waals surface area contributed by atoms with Crippen LogP contribution < -0.4 is 5.32 Å². The molecule has 4 heteroatoms. The van der Waals surface area contributed by atoms with Crippen molar-refractivity contribution in [3.05, 3.63) is 144 Å². The van der Waals surface area contributed by atoms with Gasteiger partial charge < -0.3 is 10.2 Å². The first-order chi connectivity index (χ1) is 18.9. The van der Waals surface area contributed by atoms with Crippen LogP contribution in [0.25, 0.3) is 28.0 Å². The van der Waals surface area contributed by atoms with Crippen LogP contribution in [-0.4, -0.2) is 14.5 Å². The molecule has 8 rings (SSSR count). The number of imidazole rings is 1. The summed E-state index contributed by atoms with van der Waals surface area (Å²) in [4.78, 5) is 7.36. The summed E-state index contributed by atoms with van der Waals surface area (Å²) in [6.45, 7) is 0. The van der Waals surface area contributed by atoms with Gasteiger partial charge in [0, 0.05) is 22.5 Å². The second kappa shape index (κ2) is 8.12. The number of hydrogen-bond donors (Lipinski definition) is 1. The van der Waals surface area contributed by atoms with Crippen LogP contribution in [0.5, 0.6) is 0 Å². The van der Waals surface area contributed by atoms with Gasteiger partial charge in [-0.3, -0.25) is 4.57 Å². The monoisotopic (exact) mass is 486 g/mol. The second-order valence-corrected chi connectivity index (χ2v) is 9.57. The lowest BCUT2D eigenvalue weighted by molar-refractivity contribution is 0.470. The maximum atomic E-state index is 4.98. The Morgan fingerprint density at radius 2 is 1.53 bits per heavy atom. The van der Waals surface area contributed by atoms with Crippen LogP contribution in [0.4, 0.5) is 11.6 Å². The summed E-state index contributed by atoms with van der Waals surface area (Å²) in [5, 5.41) is 3.67. The summed E-state index contributed by atoms with van der Waals surface area (Å²) in [6, 6.07) is 35.6. The smallest absolute Gasteiger partial charge is 0.213 e. The van der Waals surface area contributed by atoms with E-state index in [1.807, 2.05) is 12.1 Å². The molecule has 3 aliphatic rings. The molecule has 4 heterocycles. The van der Waals surface area contributed by atoms with Crippen molar-refractivity contribution < 1.29 is 0 Å². The third kappa shape index (κ3) is 3.03. The topological polar surface area (TPSA) is 33.1 Å². The highest BCUT2D eigenvalue weighted by molar-refractivity contribution is 5.94. The van der Waals surface area contributed by atoms with Crippen molar-refractivity contribution in [1.82, 2.24) is 14.5 Å². The molecule has 0 fully saturated rings. The Morgan fingerprint density at radius 3 is 2.45 bits per heavy atom. The van der Waals surface area contributed by atoms with Crippen molar-refractivity contribution in [1.29, 1.82) is 0 Å². The zero-order valence-corrected chi connectivity index (χ0v) is 20.5. The van der Waals surface area contributed by atoms with Crippen molar-refractivity contribution >= 4 is 33.9 Å². The minimum absolute atomic E-state index is 0.0450. The largest absolute Gasteiger partial charge is 0.325 e. The number of anilines is 2. The molecule has 0 bridgehead atoms. The van der Waals surface area contributed by atoms with Gasteiger partial charge >= 0.3 is 0 Å². The Hall–Kier alpha value is -5.27. The number of para-hydroxylation sites is 4. The van der Waals surface area contributed by atoms with Gasteiger partial charge in [-0.1, -0.05) is 90.7 Å². The van der Waals surface area contributed by atoms with Gasteiger partial charge in [0.05, 0.1) is 28.0 Å². The van der Waals surface area contributed by atoms with Crippen LogP contribution in [0, 0.1) is 11.8 Å². The van der Waals surface area contributed by atoms with Crippen LogP contribution in [0.2, 0.25) is 0 Å². The molecule has 5 aromatic rings. The predicted molar refractivity (Wildman–Crippen MR) is 154 cm³/mol. The van der Waals surface area contributed by atoms with E-state index in [9.17, 15) is 0 Å². The number of allylic oxidation sites excluding steroid dienone is 4. The fourth-order valence-corrected chi connectivity index (χ4v) is 5.76. The van der Waals surface area contributed by atoms with Crippen molar-refractivity contribution in [2.45, 2.75) is 6.04 Å². The van der Waals surface area contributed by atoms with Gasteiger partial charge in [0.2, 0.25) is 5.95 Å². The summed E-state index contributed by atoms with van der Waals surface area (Å²) in [7, 11) is 0. The van der Waals surface area contributed by atoms with Gasteiger partial charge in [-0.15, -0.1) is 0 Å². The summed E-state index contributed by atoms with van der Waals surface area (Å²) in [5.74, 6) is 7.87. The average molecular weight is 487 g/mol.